The molecule has 4 nitrogen and oxygen atoms in total. The van der Waals surface area contributed by atoms with Gasteiger partial charge < -0.3 is 15.3 Å². The number of carbonyl (C=O) groups excluding carboxylic acids is 1. The van der Waals surface area contributed by atoms with Gasteiger partial charge in [-0.15, -0.1) is 0 Å². The Morgan fingerprint density at radius 2 is 1.91 bits per heavy atom. The van der Waals surface area contributed by atoms with Gasteiger partial charge in [-0.25, -0.2) is 4.39 Å². The average molecular weight is 337 g/mol. The van der Waals surface area contributed by atoms with Gasteiger partial charge in [0.1, 0.15) is 5.82 Å². The Labute approximate surface area is 139 Å². The van der Waals surface area contributed by atoms with Gasteiger partial charge in [0.15, 0.2) is 0 Å². The fourth-order valence-corrected chi connectivity index (χ4v) is 2.32. The van der Waals surface area contributed by atoms with Crippen LogP contribution in [-0.2, 0) is 0 Å². The van der Waals surface area contributed by atoms with Gasteiger partial charge >= 0.3 is 0 Å². The number of carbonyl (C=O) groups is 1. The lowest BCUT2D eigenvalue weighted by molar-refractivity contribution is 0.0916. The van der Waals surface area contributed by atoms with Crippen molar-refractivity contribution in [2.45, 2.75) is 6.10 Å². The van der Waals surface area contributed by atoms with E-state index in [1.807, 2.05) is 31.1 Å². The molecule has 0 bridgehead atoms. The fraction of sp³-hybridized carbons (Fsp3) is 0.235. The third-order valence-electron chi connectivity index (χ3n) is 3.43. The SMILES string of the molecule is CN(C)c1ccc(C(O)CNC(=O)c2ccc(F)cc2Cl)cc1. The molecule has 0 radical (unpaired) electrons. The second-order valence-electron chi connectivity index (χ2n) is 5.34. The number of aliphatic hydroxyl groups is 1. The molecule has 0 aliphatic heterocycles. The van der Waals surface area contributed by atoms with E-state index in [2.05, 4.69) is 5.32 Å². The minimum atomic E-state index is -0.839. The molecule has 0 saturated carbocycles. The van der Waals surface area contributed by atoms with E-state index in [-0.39, 0.29) is 17.1 Å². The molecule has 2 rings (SSSR count). The van der Waals surface area contributed by atoms with Gasteiger partial charge in [0, 0.05) is 26.3 Å². The van der Waals surface area contributed by atoms with Gasteiger partial charge in [0.2, 0.25) is 0 Å². The molecule has 0 fully saturated rings. The van der Waals surface area contributed by atoms with Crippen molar-refractivity contribution in [3.05, 3.63) is 64.4 Å². The summed E-state index contributed by atoms with van der Waals surface area (Å²) in [7, 11) is 3.86. The van der Waals surface area contributed by atoms with Gasteiger partial charge in [-0.2, -0.15) is 0 Å². The van der Waals surface area contributed by atoms with Crippen molar-refractivity contribution in [3.8, 4) is 0 Å². The van der Waals surface area contributed by atoms with Gasteiger partial charge in [-0.05, 0) is 35.9 Å². The van der Waals surface area contributed by atoms with Crippen LogP contribution in [0.3, 0.4) is 0 Å². The molecule has 0 aliphatic carbocycles. The maximum Gasteiger partial charge on any atom is 0.252 e. The van der Waals surface area contributed by atoms with Crippen molar-refractivity contribution in [2.75, 3.05) is 25.5 Å². The van der Waals surface area contributed by atoms with Crippen LogP contribution in [0.5, 0.6) is 0 Å². The predicted molar refractivity (Wildman–Crippen MR) is 89.5 cm³/mol. The Balaban J connectivity index is 1.98. The average Bonchev–Trinajstić information content (AvgIpc) is 2.52. The van der Waals surface area contributed by atoms with E-state index < -0.39 is 17.8 Å². The Bertz CT molecular complexity index is 689. The van der Waals surface area contributed by atoms with Gasteiger partial charge in [0.25, 0.3) is 5.91 Å². The summed E-state index contributed by atoms with van der Waals surface area (Å²) in [5, 5.41) is 12.8. The van der Waals surface area contributed by atoms with E-state index in [4.69, 9.17) is 11.6 Å². The number of nitrogens with zero attached hydrogens (tertiary/aromatic N) is 1. The second kappa shape index (κ2) is 7.44. The normalized spacial score (nSPS) is 11.9. The van der Waals surface area contributed by atoms with Crippen LogP contribution in [0.2, 0.25) is 5.02 Å². The number of halogens is 2. The fourth-order valence-electron chi connectivity index (χ4n) is 2.07. The quantitative estimate of drug-likeness (QED) is 0.882. The first-order valence-electron chi connectivity index (χ1n) is 7.07. The highest BCUT2D eigenvalue weighted by Crippen LogP contribution is 2.19. The highest BCUT2D eigenvalue weighted by Gasteiger charge is 2.14. The second-order valence-corrected chi connectivity index (χ2v) is 5.74. The number of hydrogen-bond acceptors (Lipinski definition) is 3. The third-order valence-corrected chi connectivity index (χ3v) is 3.74. The maximum absolute atomic E-state index is 13.0. The van der Waals surface area contributed by atoms with E-state index in [1.165, 1.54) is 6.07 Å². The summed E-state index contributed by atoms with van der Waals surface area (Å²) in [4.78, 5) is 14.0. The van der Waals surface area contributed by atoms with E-state index >= 15 is 0 Å². The molecule has 1 atom stereocenters. The van der Waals surface area contributed by atoms with Crippen LogP contribution in [0, 0.1) is 5.82 Å². The molecule has 0 heterocycles. The number of rotatable bonds is 5. The predicted octanol–water partition coefficient (Wildman–Crippen LogP) is 3.01. The minimum absolute atomic E-state index is 0.0346. The van der Waals surface area contributed by atoms with E-state index in [1.54, 1.807) is 12.1 Å². The van der Waals surface area contributed by atoms with Crippen molar-refractivity contribution >= 4 is 23.2 Å². The first-order chi connectivity index (χ1) is 10.9. The van der Waals surface area contributed by atoms with Crippen LogP contribution < -0.4 is 10.2 Å². The summed E-state index contributed by atoms with van der Waals surface area (Å²) in [5.74, 6) is -0.966. The molecular formula is C17H18ClFN2O2. The zero-order valence-corrected chi connectivity index (χ0v) is 13.6. The number of hydrogen-bond donors (Lipinski definition) is 2. The zero-order valence-electron chi connectivity index (χ0n) is 12.9. The molecule has 2 N–H and O–H groups in total. The van der Waals surface area contributed by atoms with Crippen LogP contribution >= 0.6 is 11.6 Å². The Hall–Kier alpha value is -2.11. The largest absolute Gasteiger partial charge is 0.387 e. The molecule has 2 aromatic carbocycles. The standard InChI is InChI=1S/C17H18ClFN2O2/c1-21(2)13-6-3-11(4-7-13)16(22)10-20-17(23)14-8-5-12(19)9-15(14)18/h3-9,16,22H,10H2,1-2H3,(H,20,23). The number of aliphatic hydroxyl groups excluding tert-OH is 1. The summed E-state index contributed by atoms with van der Waals surface area (Å²) >= 11 is 5.84. The number of anilines is 1. The third kappa shape index (κ3) is 4.43. The van der Waals surface area contributed by atoms with E-state index in [9.17, 15) is 14.3 Å². The summed E-state index contributed by atoms with van der Waals surface area (Å²) < 4.78 is 13.0. The van der Waals surface area contributed by atoms with Gasteiger partial charge in [-0.3, -0.25) is 4.79 Å². The zero-order chi connectivity index (χ0) is 17.0. The van der Waals surface area contributed by atoms with Gasteiger partial charge in [-0.1, -0.05) is 23.7 Å². The highest BCUT2D eigenvalue weighted by molar-refractivity contribution is 6.33. The highest BCUT2D eigenvalue weighted by atomic mass is 35.5. The summed E-state index contributed by atoms with van der Waals surface area (Å²) in [5.41, 5.74) is 1.88. The molecule has 2 aromatic rings. The summed E-state index contributed by atoms with van der Waals surface area (Å²) in [6.45, 7) is 0.0356. The minimum Gasteiger partial charge on any atom is -0.387 e. The summed E-state index contributed by atoms with van der Waals surface area (Å²) in [6.07, 6.45) is -0.839. The summed E-state index contributed by atoms with van der Waals surface area (Å²) in [6, 6.07) is 10.9. The number of benzene rings is 2. The lowest BCUT2D eigenvalue weighted by Crippen LogP contribution is -2.28. The molecule has 1 amide bonds. The van der Waals surface area contributed by atoms with Crippen molar-refractivity contribution in [1.82, 2.24) is 5.32 Å². The Morgan fingerprint density at radius 3 is 2.48 bits per heavy atom. The first kappa shape index (κ1) is 17.2. The smallest absolute Gasteiger partial charge is 0.252 e. The van der Waals surface area contributed by atoms with Crippen LogP contribution in [0.4, 0.5) is 10.1 Å². The van der Waals surface area contributed by atoms with Crippen molar-refractivity contribution < 1.29 is 14.3 Å². The van der Waals surface area contributed by atoms with Crippen LogP contribution in [0.15, 0.2) is 42.5 Å². The van der Waals surface area contributed by atoms with Crippen LogP contribution in [0.25, 0.3) is 0 Å². The lowest BCUT2D eigenvalue weighted by Gasteiger charge is -2.16. The Kier molecular flexibility index (Phi) is 5.58. The first-order valence-corrected chi connectivity index (χ1v) is 7.45. The molecular weight excluding hydrogens is 319 g/mol. The molecule has 6 heteroatoms. The topological polar surface area (TPSA) is 52.6 Å². The molecule has 0 aromatic heterocycles. The molecule has 122 valence electrons. The van der Waals surface area contributed by atoms with Crippen molar-refractivity contribution in [3.63, 3.8) is 0 Å². The number of amides is 1. The molecule has 1 unspecified atom stereocenters. The van der Waals surface area contributed by atoms with E-state index in [0.717, 1.165) is 17.8 Å². The molecule has 0 saturated heterocycles. The molecule has 23 heavy (non-hydrogen) atoms. The Morgan fingerprint density at radius 1 is 1.26 bits per heavy atom. The van der Waals surface area contributed by atoms with Crippen molar-refractivity contribution in [1.29, 1.82) is 0 Å². The van der Waals surface area contributed by atoms with Gasteiger partial charge in [0.05, 0.1) is 16.7 Å². The maximum atomic E-state index is 13.0. The number of nitrogens with one attached hydrogen (secondary N) is 1. The lowest BCUT2D eigenvalue weighted by atomic mass is 10.1. The molecule has 0 aliphatic rings. The monoisotopic (exact) mass is 336 g/mol. The van der Waals surface area contributed by atoms with Crippen LogP contribution in [0.1, 0.15) is 22.0 Å². The molecule has 0 spiro atoms. The van der Waals surface area contributed by atoms with Crippen molar-refractivity contribution in [2.24, 2.45) is 0 Å². The van der Waals surface area contributed by atoms with E-state index in [0.29, 0.717) is 5.56 Å². The van der Waals surface area contributed by atoms with Crippen LogP contribution in [-0.4, -0.2) is 31.7 Å².